The summed E-state index contributed by atoms with van der Waals surface area (Å²) >= 11 is 0. The fourth-order valence-corrected chi connectivity index (χ4v) is 9.15. The number of para-hydroxylation sites is 2. The number of anilines is 4. The Balaban J connectivity index is 1.39. The standard InChI is InChI=1S/C52H41BN2/c1-52(2)44-34-40(36-20-8-4-9-21-36)32-42(38-24-12-6-13-25-38)50(44)55(53-46-28-16-18-30-48(46)54(3)49-31-19-17-29-47(49)53)51-43(39-26-14-7-15-27-39)33-41(35-45(51)52)37-22-10-5-11-23-37/h4-35H,1-3H3. The molecule has 0 fully saturated rings. The van der Waals surface area contributed by atoms with Crippen molar-refractivity contribution in [2.24, 2.45) is 0 Å². The molecule has 2 aliphatic heterocycles. The Morgan fingerprint density at radius 2 is 0.727 bits per heavy atom. The fraction of sp³-hybridized carbons (Fsp3) is 0.0769. The lowest BCUT2D eigenvalue weighted by molar-refractivity contribution is 0.635. The summed E-state index contributed by atoms with van der Waals surface area (Å²) < 4.78 is 0. The summed E-state index contributed by atoms with van der Waals surface area (Å²) in [4.78, 5) is 5.10. The fourth-order valence-electron chi connectivity index (χ4n) is 9.15. The van der Waals surface area contributed by atoms with Crippen LogP contribution in [0.4, 0.5) is 22.7 Å². The number of fused-ring (bicyclic) bond motifs is 4. The third-order valence-electron chi connectivity index (χ3n) is 11.9. The summed E-state index contributed by atoms with van der Waals surface area (Å²) in [5.41, 5.74) is 19.6. The maximum absolute atomic E-state index is 2.73. The quantitative estimate of drug-likeness (QED) is 0.165. The van der Waals surface area contributed by atoms with E-state index in [1.165, 1.54) is 89.3 Å². The molecule has 0 radical (unpaired) electrons. The van der Waals surface area contributed by atoms with E-state index in [0.717, 1.165) is 0 Å². The molecule has 0 saturated heterocycles. The van der Waals surface area contributed by atoms with Crippen molar-refractivity contribution in [2.45, 2.75) is 19.3 Å². The average molecular weight is 705 g/mol. The highest BCUT2D eigenvalue weighted by atomic mass is 15.2. The number of hydrogen-bond acceptors (Lipinski definition) is 2. The van der Waals surface area contributed by atoms with Gasteiger partial charge < -0.3 is 9.71 Å². The molecule has 10 rings (SSSR count). The molecule has 55 heavy (non-hydrogen) atoms. The first kappa shape index (κ1) is 33.0. The molecule has 0 unspecified atom stereocenters. The van der Waals surface area contributed by atoms with Crippen LogP contribution in [-0.2, 0) is 5.41 Å². The van der Waals surface area contributed by atoms with E-state index in [2.05, 4.69) is 225 Å². The van der Waals surface area contributed by atoms with E-state index >= 15 is 0 Å². The van der Waals surface area contributed by atoms with Crippen LogP contribution in [0.5, 0.6) is 0 Å². The van der Waals surface area contributed by atoms with E-state index in [-0.39, 0.29) is 12.3 Å². The van der Waals surface area contributed by atoms with Gasteiger partial charge in [0.2, 0.25) is 0 Å². The molecule has 262 valence electrons. The molecule has 3 heteroatoms. The minimum Gasteiger partial charge on any atom is -0.375 e. The van der Waals surface area contributed by atoms with Gasteiger partial charge in [-0.25, -0.2) is 0 Å². The van der Waals surface area contributed by atoms with E-state index in [1.54, 1.807) is 0 Å². The van der Waals surface area contributed by atoms with Gasteiger partial charge in [0.25, 0.3) is 0 Å². The summed E-state index contributed by atoms with van der Waals surface area (Å²) in [7, 11) is 2.21. The molecule has 8 aromatic carbocycles. The van der Waals surface area contributed by atoms with Gasteiger partial charge in [-0.3, -0.25) is 0 Å². The van der Waals surface area contributed by atoms with Crippen molar-refractivity contribution >= 4 is 40.5 Å². The minimum absolute atomic E-state index is 0.104. The zero-order valence-corrected chi connectivity index (χ0v) is 31.4. The predicted molar refractivity (Wildman–Crippen MR) is 235 cm³/mol. The van der Waals surface area contributed by atoms with Crippen LogP contribution in [0.25, 0.3) is 44.5 Å². The zero-order valence-electron chi connectivity index (χ0n) is 31.4. The van der Waals surface area contributed by atoms with Crippen LogP contribution in [-0.4, -0.2) is 13.9 Å². The molecule has 8 aromatic rings. The molecule has 0 N–H and O–H groups in total. The number of hydrogen-bond donors (Lipinski definition) is 0. The maximum atomic E-state index is 2.73. The maximum Gasteiger partial charge on any atom is 0.332 e. The van der Waals surface area contributed by atoms with Crippen LogP contribution in [0.15, 0.2) is 194 Å². The predicted octanol–water partition coefficient (Wildman–Crippen LogP) is 12.0. The van der Waals surface area contributed by atoms with Gasteiger partial charge in [-0.2, -0.15) is 0 Å². The molecule has 0 aliphatic carbocycles. The summed E-state index contributed by atoms with van der Waals surface area (Å²) in [6.45, 7) is 4.77. The molecule has 2 nitrogen and oxygen atoms in total. The lowest BCUT2D eigenvalue weighted by Crippen LogP contribution is -2.61. The summed E-state index contributed by atoms with van der Waals surface area (Å²) in [6, 6.07) is 71.6. The lowest BCUT2D eigenvalue weighted by atomic mass is 9.45. The highest BCUT2D eigenvalue weighted by molar-refractivity contribution is 6.92. The smallest absolute Gasteiger partial charge is 0.332 e. The Morgan fingerprint density at radius 1 is 0.382 bits per heavy atom. The largest absolute Gasteiger partial charge is 0.375 e. The normalized spacial score (nSPS) is 13.8. The highest BCUT2D eigenvalue weighted by Gasteiger charge is 2.47. The van der Waals surface area contributed by atoms with Gasteiger partial charge in [0.05, 0.1) is 0 Å². The summed E-state index contributed by atoms with van der Waals surface area (Å²) in [5, 5.41) is 0. The van der Waals surface area contributed by atoms with Gasteiger partial charge >= 0.3 is 6.85 Å². The molecule has 0 bridgehead atoms. The Hall–Kier alpha value is -6.58. The van der Waals surface area contributed by atoms with Crippen LogP contribution in [0.1, 0.15) is 25.0 Å². The van der Waals surface area contributed by atoms with Gasteiger partial charge in [-0.05, 0) is 91.8 Å². The molecule has 0 aromatic heterocycles. The molecule has 2 aliphatic rings. The monoisotopic (exact) mass is 704 g/mol. The van der Waals surface area contributed by atoms with Crippen LogP contribution in [0.3, 0.4) is 0 Å². The van der Waals surface area contributed by atoms with E-state index in [4.69, 9.17) is 0 Å². The topological polar surface area (TPSA) is 6.48 Å². The van der Waals surface area contributed by atoms with Crippen LogP contribution >= 0.6 is 0 Å². The Labute approximate surface area is 325 Å². The van der Waals surface area contributed by atoms with Crippen LogP contribution in [0, 0.1) is 0 Å². The van der Waals surface area contributed by atoms with Gasteiger partial charge in [-0.15, -0.1) is 0 Å². The molecule has 0 atom stereocenters. The Morgan fingerprint density at radius 3 is 1.13 bits per heavy atom. The third kappa shape index (κ3) is 5.34. The molecular weight excluding hydrogens is 663 g/mol. The van der Waals surface area contributed by atoms with Crippen molar-refractivity contribution in [1.82, 2.24) is 0 Å². The van der Waals surface area contributed by atoms with E-state index < -0.39 is 0 Å². The molecule has 0 spiro atoms. The van der Waals surface area contributed by atoms with Crippen LogP contribution < -0.4 is 20.6 Å². The second kappa shape index (κ2) is 13.1. The van der Waals surface area contributed by atoms with Crippen molar-refractivity contribution < 1.29 is 0 Å². The molecule has 2 heterocycles. The minimum atomic E-state index is -0.367. The van der Waals surface area contributed by atoms with Gasteiger partial charge in [-0.1, -0.05) is 172 Å². The van der Waals surface area contributed by atoms with E-state index in [0.29, 0.717) is 0 Å². The van der Waals surface area contributed by atoms with Crippen molar-refractivity contribution in [3.63, 3.8) is 0 Å². The van der Waals surface area contributed by atoms with Crippen LogP contribution in [0.2, 0.25) is 0 Å². The van der Waals surface area contributed by atoms with Gasteiger partial charge in [0.1, 0.15) is 0 Å². The SMILES string of the molecule is CN1c2ccccc2B(N2c3c(-c4ccccc4)cc(-c4ccccc4)cc3C(C)(C)c3cc(-c4ccccc4)cc(-c4ccccc4)c32)c2ccccc21. The lowest BCUT2D eigenvalue weighted by Gasteiger charge is -2.49. The van der Waals surface area contributed by atoms with E-state index in [9.17, 15) is 0 Å². The second-order valence-electron chi connectivity index (χ2n) is 15.4. The summed E-state index contributed by atoms with van der Waals surface area (Å²) in [6.07, 6.45) is 0. The first-order chi connectivity index (χ1) is 27.0. The Bertz CT molecular complexity index is 2500. The summed E-state index contributed by atoms with van der Waals surface area (Å²) in [5.74, 6) is 0. The van der Waals surface area contributed by atoms with Crippen molar-refractivity contribution in [3.8, 4) is 44.5 Å². The van der Waals surface area contributed by atoms with Crippen molar-refractivity contribution in [1.29, 1.82) is 0 Å². The van der Waals surface area contributed by atoms with E-state index in [1.807, 2.05) is 0 Å². The van der Waals surface area contributed by atoms with Crippen molar-refractivity contribution in [3.05, 3.63) is 205 Å². The molecular formula is C52H41BN2. The van der Waals surface area contributed by atoms with Gasteiger partial charge in [0, 0.05) is 46.3 Å². The molecule has 0 saturated carbocycles. The second-order valence-corrected chi connectivity index (χ2v) is 15.4. The first-order valence-corrected chi connectivity index (χ1v) is 19.3. The van der Waals surface area contributed by atoms with Crippen molar-refractivity contribution in [2.75, 3.05) is 16.8 Å². The zero-order chi connectivity index (χ0) is 37.1. The third-order valence-corrected chi connectivity index (χ3v) is 11.9. The number of nitrogens with zero attached hydrogens (tertiary/aromatic N) is 2. The first-order valence-electron chi connectivity index (χ1n) is 19.3. The highest BCUT2D eigenvalue weighted by Crippen LogP contribution is 2.57. The number of rotatable bonds is 5. The number of benzene rings is 8. The molecule has 0 amide bonds. The van der Waals surface area contributed by atoms with Gasteiger partial charge in [0.15, 0.2) is 0 Å². The average Bonchev–Trinajstić information content (AvgIpc) is 3.25. The Kier molecular flexibility index (Phi) is 7.85.